The Kier molecular flexibility index (Phi) is 9.85. The second kappa shape index (κ2) is 13.1. The van der Waals surface area contributed by atoms with Gasteiger partial charge in [0.25, 0.3) is 0 Å². The lowest BCUT2D eigenvalue weighted by Gasteiger charge is -2.31. The van der Waals surface area contributed by atoms with E-state index in [2.05, 4.69) is 5.32 Å². The molecular formula is C27H29ClN2O2S. The molecule has 1 unspecified atom stereocenters. The molecule has 0 saturated carbocycles. The van der Waals surface area contributed by atoms with E-state index in [0.717, 1.165) is 22.4 Å². The number of carbonyl (C=O) groups excluding carboxylic acids is 2. The van der Waals surface area contributed by atoms with E-state index in [1.54, 1.807) is 4.90 Å². The second-order valence-corrected chi connectivity index (χ2v) is 9.23. The lowest BCUT2D eigenvalue weighted by atomic mass is 10.0. The smallest absolute Gasteiger partial charge is 0.243 e. The van der Waals surface area contributed by atoms with Gasteiger partial charge in [0.05, 0.1) is 5.75 Å². The van der Waals surface area contributed by atoms with Crippen LogP contribution in [0.2, 0.25) is 5.02 Å². The van der Waals surface area contributed by atoms with Crippen LogP contribution in [-0.2, 0) is 22.6 Å². The number of hydrogen-bond donors (Lipinski definition) is 1. The van der Waals surface area contributed by atoms with E-state index in [9.17, 15) is 9.59 Å². The number of rotatable bonds is 11. The maximum absolute atomic E-state index is 13.5. The molecule has 3 rings (SSSR count). The van der Waals surface area contributed by atoms with Crippen molar-refractivity contribution in [2.24, 2.45) is 0 Å². The summed E-state index contributed by atoms with van der Waals surface area (Å²) in [5.41, 5.74) is 2.01. The van der Waals surface area contributed by atoms with Crippen molar-refractivity contribution in [2.75, 3.05) is 12.3 Å². The summed E-state index contributed by atoms with van der Waals surface area (Å²) < 4.78 is 0. The minimum absolute atomic E-state index is 0.0774. The fraction of sp³-hybridized carbons (Fsp3) is 0.259. The van der Waals surface area contributed by atoms with Gasteiger partial charge in [-0.1, -0.05) is 79.2 Å². The lowest BCUT2D eigenvalue weighted by Crippen LogP contribution is -2.51. The number of halogens is 1. The van der Waals surface area contributed by atoms with Gasteiger partial charge in [0.1, 0.15) is 6.04 Å². The zero-order chi connectivity index (χ0) is 23.5. The number of nitrogens with one attached hydrogen (secondary N) is 1. The zero-order valence-electron chi connectivity index (χ0n) is 18.7. The number of nitrogens with zero attached hydrogens (tertiary/aromatic N) is 1. The molecule has 3 aromatic rings. The van der Waals surface area contributed by atoms with E-state index >= 15 is 0 Å². The van der Waals surface area contributed by atoms with E-state index in [-0.39, 0.29) is 17.6 Å². The fourth-order valence-corrected chi connectivity index (χ4v) is 4.37. The average molecular weight is 481 g/mol. The van der Waals surface area contributed by atoms with Crippen LogP contribution in [-0.4, -0.2) is 35.1 Å². The molecule has 2 amide bonds. The molecule has 0 aliphatic heterocycles. The van der Waals surface area contributed by atoms with Crippen molar-refractivity contribution in [3.8, 4) is 0 Å². The maximum atomic E-state index is 13.5. The third-order valence-corrected chi connectivity index (χ3v) is 6.44. The summed E-state index contributed by atoms with van der Waals surface area (Å²) in [6.45, 7) is 2.97. The minimum Gasteiger partial charge on any atom is -0.354 e. The van der Waals surface area contributed by atoms with Gasteiger partial charge in [-0.3, -0.25) is 9.59 Å². The molecule has 0 aliphatic rings. The Balaban J connectivity index is 1.85. The highest BCUT2D eigenvalue weighted by atomic mass is 35.5. The molecule has 0 bridgehead atoms. The highest BCUT2D eigenvalue weighted by molar-refractivity contribution is 8.00. The lowest BCUT2D eigenvalue weighted by molar-refractivity contribution is -0.139. The first kappa shape index (κ1) is 24.9. The molecule has 0 heterocycles. The Labute approximate surface area is 205 Å². The topological polar surface area (TPSA) is 49.4 Å². The van der Waals surface area contributed by atoms with Gasteiger partial charge in [0, 0.05) is 29.4 Å². The molecule has 1 N–H and O–H groups in total. The first-order chi connectivity index (χ1) is 16.1. The van der Waals surface area contributed by atoms with Gasteiger partial charge in [-0.15, -0.1) is 11.8 Å². The van der Waals surface area contributed by atoms with Gasteiger partial charge < -0.3 is 10.2 Å². The highest BCUT2D eigenvalue weighted by Gasteiger charge is 2.30. The second-order valence-electron chi connectivity index (χ2n) is 7.75. The normalized spacial score (nSPS) is 11.6. The summed E-state index contributed by atoms with van der Waals surface area (Å²) in [6.07, 6.45) is 1.30. The Bertz CT molecular complexity index is 1010. The van der Waals surface area contributed by atoms with Crippen LogP contribution in [0, 0.1) is 0 Å². The SMILES string of the molecule is CCCNC(=O)C(Cc1ccccc1)N(Cc1ccccc1)C(=O)CSc1ccc(Cl)cc1. The van der Waals surface area contributed by atoms with E-state index in [1.165, 1.54) is 11.8 Å². The van der Waals surface area contributed by atoms with E-state index in [1.807, 2.05) is 91.9 Å². The zero-order valence-corrected chi connectivity index (χ0v) is 20.3. The van der Waals surface area contributed by atoms with Crippen molar-refractivity contribution < 1.29 is 9.59 Å². The van der Waals surface area contributed by atoms with Crippen molar-refractivity contribution in [2.45, 2.75) is 37.2 Å². The first-order valence-electron chi connectivity index (χ1n) is 11.1. The van der Waals surface area contributed by atoms with Crippen molar-refractivity contribution in [3.05, 3.63) is 101 Å². The molecule has 6 heteroatoms. The average Bonchev–Trinajstić information content (AvgIpc) is 2.85. The van der Waals surface area contributed by atoms with Crippen molar-refractivity contribution in [1.82, 2.24) is 10.2 Å². The fourth-order valence-electron chi connectivity index (χ4n) is 3.46. The summed E-state index contributed by atoms with van der Waals surface area (Å²) in [6, 6.07) is 26.5. The minimum atomic E-state index is -0.600. The summed E-state index contributed by atoms with van der Waals surface area (Å²) in [7, 11) is 0. The summed E-state index contributed by atoms with van der Waals surface area (Å²) in [4.78, 5) is 29.4. The number of hydrogen-bond acceptors (Lipinski definition) is 3. The largest absolute Gasteiger partial charge is 0.354 e. The van der Waals surface area contributed by atoms with Crippen LogP contribution in [0.5, 0.6) is 0 Å². The Morgan fingerprint density at radius 1 is 0.909 bits per heavy atom. The monoisotopic (exact) mass is 480 g/mol. The molecule has 0 aliphatic carbocycles. The molecule has 33 heavy (non-hydrogen) atoms. The molecule has 1 atom stereocenters. The Morgan fingerprint density at radius 3 is 2.12 bits per heavy atom. The standard InChI is InChI=1S/C27H29ClN2O2S/c1-2-17-29-27(32)25(18-21-9-5-3-6-10-21)30(19-22-11-7-4-8-12-22)26(31)20-33-24-15-13-23(28)14-16-24/h3-16,25H,2,17-20H2,1H3,(H,29,32). The first-order valence-corrected chi connectivity index (χ1v) is 12.5. The van der Waals surface area contributed by atoms with Crippen LogP contribution in [0.3, 0.4) is 0 Å². The van der Waals surface area contributed by atoms with E-state index in [0.29, 0.717) is 24.5 Å². The molecule has 3 aromatic carbocycles. The molecule has 0 saturated heterocycles. The summed E-state index contributed by atoms with van der Waals surface area (Å²) in [5, 5.41) is 3.66. The number of thioether (sulfide) groups is 1. The number of benzene rings is 3. The van der Waals surface area contributed by atoms with Crippen LogP contribution in [0.1, 0.15) is 24.5 Å². The Morgan fingerprint density at radius 2 is 1.52 bits per heavy atom. The van der Waals surface area contributed by atoms with Crippen LogP contribution in [0.4, 0.5) is 0 Å². The van der Waals surface area contributed by atoms with Crippen LogP contribution >= 0.6 is 23.4 Å². The predicted octanol–water partition coefficient (Wildman–Crippen LogP) is 5.60. The number of carbonyl (C=O) groups is 2. The van der Waals surface area contributed by atoms with Crippen LogP contribution in [0.15, 0.2) is 89.8 Å². The third-order valence-electron chi connectivity index (χ3n) is 5.19. The third kappa shape index (κ3) is 7.95. The molecule has 0 aromatic heterocycles. The number of amides is 2. The quantitative estimate of drug-likeness (QED) is 0.363. The molecule has 0 radical (unpaired) electrons. The van der Waals surface area contributed by atoms with E-state index in [4.69, 9.17) is 11.6 Å². The Hall–Kier alpha value is -2.76. The predicted molar refractivity (Wildman–Crippen MR) is 136 cm³/mol. The van der Waals surface area contributed by atoms with Crippen LogP contribution < -0.4 is 5.32 Å². The van der Waals surface area contributed by atoms with Crippen molar-refractivity contribution in [3.63, 3.8) is 0 Å². The van der Waals surface area contributed by atoms with Gasteiger partial charge in [-0.2, -0.15) is 0 Å². The van der Waals surface area contributed by atoms with E-state index < -0.39 is 6.04 Å². The molecule has 4 nitrogen and oxygen atoms in total. The molecular weight excluding hydrogens is 452 g/mol. The van der Waals surface area contributed by atoms with Crippen LogP contribution in [0.25, 0.3) is 0 Å². The molecule has 0 spiro atoms. The maximum Gasteiger partial charge on any atom is 0.243 e. The van der Waals surface area contributed by atoms with Gasteiger partial charge in [-0.25, -0.2) is 0 Å². The summed E-state index contributed by atoms with van der Waals surface area (Å²) in [5.74, 6) is 0.0359. The summed E-state index contributed by atoms with van der Waals surface area (Å²) >= 11 is 7.43. The van der Waals surface area contributed by atoms with Crippen molar-refractivity contribution >= 4 is 35.2 Å². The van der Waals surface area contributed by atoms with Gasteiger partial charge >= 0.3 is 0 Å². The van der Waals surface area contributed by atoms with Gasteiger partial charge in [-0.05, 0) is 41.8 Å². The van der Waals surface area contributed by atoms with Gasteiger partial charge in [0.15, 0.2) is 0 Å². The molecule has 0 fully saturated rings. The highest BCUT2D eigenvalue weighted by Crippen LogP contribution is 2.22. The van der Waals surface area contributed by atoms with Gasteiger partial charge in [0.2, 0.25) is 11.8 Å². The van der Waals surface area contributed by atoms with Crippen molar-refractivity contribution in [1.29, 1.82) is 0 Å². The molecule has 172 valence electrons.